The van der Waals surface area contributed by atoms with Crippen LogP contribution in [0.2, 0.25) is 0 Å². The number of ether oxygens (including phenoxy) is 1. The third-order valence-corrected chi connectivity index (χ3v) is 5.96. The summed E-state index contributed by atoms with van der Waals surface area (Å²) in [5.74, 6) is 0.421. The van der Waals surface area contributed by atoms with Gasteiger partial charge < -0.3 is 9.84 Å². The van der Waals surface area contributed by atoms with Gasteiger partial charge >= 0.3 is 0 Å². The number of pyridine rings is 1. The van der Waals surface area contributed by atoms with Gasteiger partial charge in [-0.3, -0.25) is 0 Å². The number of aliphatic hydroxyl groups excluding tert-OH is 1. The van der Waals surface area contributed by atoms with Crippen LogP contribution in [0.5, 0.6) is 5.88 Å². The topological polar surface area (TPSA) is 66.1 Å². The lowest BCUT2D eigenvalue weighted by Crippen LogP contribution is -2.21. The minimum atomic E-state index is -0.238. The summed E-state index contributed by atoms with van der Waals surface area (Å²) in [5, 5.41) is 18.4. The van der Waals surface area contributed by atoms with Crippen molar-refractivity contribution in [1.82, 2.24) is 4.98 Å². The van der Waals surface area contributed by atoms with Crippen LogP contribution in [-0.2, 0) is 0 Å². The summed E-state index contributed by atoms with van der Waals surface area (Å²) in [6, 6.07) is 7.15. The van der Waals surface area contributed by atoms with Crippen LogP contribution < -0.4 is 4.74 Å². The van der Waals surface area contributed by atoms with Crippen molar-refractivity contribution in [3.05, 3.63) is 23.9 Å². The van der Waals surface area contributed by atoms with Crippen LogP contribution in [0.4, 0.5) is 0 Å². The average molecular weight is 431 g/mol. The maximum atomic E-state index is 9.53. The van der Waals surface area contributed by atoms with Gasteiger partial charge in [0, 0.05) is 6.07 Å². The number of rotatable bonds is 21. The molecule has 0 bridgehead atoms. The van der Waals surface area contributed by atoms with Gasteiger partial charge in [-0.25, -0.2) is 4.98 Å². The Balaban J connectivity index is 1.87. The zero-order chi connectivity index (χ0) is 22.4. The van der Waals surface area contributed by atoms with E-state index in [0.29, 0.717) is 11.6 Å². The molecule has 1 rings (SSSR count). The first-order valence-electron chi connectivity index (χ1n) is 12.9. The fourth-order valence-corrected chi connectivity index (χ4v) is 4.00. The molecule has 1 N–H and O–H groups in total. The molecule has 0 amide bonds. The Labute approximate surface area is 191 Å². The number of aliphatic hydroxyl groups is 1. The largest absolute Gasteiger partial charge is 0.472 e. The zero-order valence-electron chi connectivity index (χ0n) is 20.0. The third-order valence-electron chi connectivity index (χ3n) is 5.96. The van der Waals surface area contributed by atoms with E-state index in [2.05, 4.69) is 11.9 Å². The Morgan fingerprint density at radius 3 is 1.74 bits per heavy atom. The molecule has 1 atom stereocenters. The van der Waals surface area contributed by atoms with Crippen LogP contribution in [-0.4, -0.2) is 22.8 Å². The number of hydrogen-bond donors (Lipinski definition) is 1. The minimum Gasteiger partial charge on any atom is -0.472 e. The number of hydrogen-bond acceptors (Lipinski definition) is 4. The number of unbranched alkanes of at least 4 members (excludes halogenated alkanes) is 16. The molecule has 4 nitrogen and oxygen atoms in total. The molecular weight excluding hydrogens is 384 g/mol. The molecule has 0 radical (unpaired) electrons. The molecule has 0 saturated heterocycles. The Kier molecular flexibility index (Phi) is 18.0. The molecule has 1 heterocycles. The van der Waals surface area contributed by atoms with E-state index >= 15 is 0 Å². The lowest BCUT2D eigenvalue weighted by Gasteiger charge is -2.16. The van der Waals surface area contributed by atoms with E-state index in [1.54, 1.807) is 18.2 Å². The zero-order valence-corrected chi connectivity index (χ0v) is 20.0. The summed E-state index contributed by atoms with van der Waals surface area (Å²) in [6.07, 6.45) is 23.7. The molecule has 0 aliphatic rings. The molecule has 1 aromatic heterocycles. The lowest BCUT2D eigenvalue weighted by atomic mass is 10.0. The summed E-state index contributed by atoms with van der Waals surface area (Å²) in [6.45, 7) is 2.26. The van der Waals surface area contributed by atoms with E-state index in [1.807, 2.05) is 6.07 Å². The number of nitriles is 1. The van der Waals surface area contributed by atoms with Gasteiger partial charge in [-0.05, 0) is 18.9 Å². The maximum absolute atomic E-state index is 9.53. The molecule has 0 spiro atoms. The van der Waals surface area contributed by atoms with Gasteiger partial charge in [0.1, 0.15) is 17.9 Å². The summed E-state index contributed by atoms with van der Waals surface area (Å²) < 4.78 is 5.72. The van der Waals surface area contributed by atoms with Crippen molar-refractivity contribution in [1.29, 1.82) is 5.26 Å². The SMILES string of the molecule is CCCCCCCCCCCCCCCCCCC[C@@H](CO)Oc1cccc(C#N)n1. The molecule has 0 aliphatic carbocycles. The monoisotopic (exact) mass is 430 g/mol. The van der Waals surface area contributed by atoms with Gasteiger partial charge in [-0.2, -0.15) is 5.26 Å². The highest BCUT2D eigenvalue weighted by Crippen LogP contribution is 2.16. The Bertz CT molecular complexity index is 571. The molecule has 0 fully saturated rings. The van der Waals surface area contributed by atoms with Gasteiger partial charge in [0.15, 0.2) is 0 Å². The van der Waals surface area contributed by atoms with Gasteiger partial charge in [-0.15, -0.1) is 0 Å². The Morgan fingerprint density at radius 1 is 0.806 bits per heavy atom. The van der Waals surface area contributed by atoms with Gasteiger partial charge in [-0.1, -0.05) is 116 Å². The van der Waals surface area contributed by atoms with Gasteiger partial charge in [0.25, 0.3) is 0 Å². The molecule has 0 aromatic carbocycles. The fourth-order valence-electron chi connectivity index (χ4n) is 4.00. The normalized spacial score (nSPS) is 11.9. The molecule has 0 aliphatic heterocycles. The first kappa shape index (κ1) is 27.4. The van der Waals surface area contributed by atoms with Crippen LogP contribution in [0.3, 0.4) is 0 Å². The quantitative estimate of drug-likeness (QED) is 0.203. The minimum absolute atomic E-state index is 0.0165. The van der Waals surface area contributed by atoms with E-state index in [0.717, 1.165) is 12.8 Å². The van der Waals surface area contributed by atoms with Crippen LogP contribution in [0, 0.1) is 11.3 Å². The highest BCUT2D eigenvalue weighted by Gasteiger charge is 2.10. The Hall–Kier alpha value is -1.60. The molecule has 176 valence electrons. The van der Waals surface area contributed by atoms with Crippen molar-refractivity contribution < 1.29 is 9.84 Å². The van der Waals surface area contributed by atoms with Crippen molar-refractivity contribution in [2.24, 2.45) is 0 Å². The van der Waals surface area contributed by atoms with E-state index in [9.17, 15) is 5.11 Å². The Morgan fingerprint density at radius 2 is 1.29 bits per heavy atom. The third kappa shape index (κ3) is 15.8. The predicted molar refractivity (Wildman–Crippen MR) is 129 cm³/mol. The fraction of sp³-hybridized carbons (Fsp3) is 0.778. The van der Waals surface area contributed by atoms with E-state index in [1.165, 1.54) is 103 Å². The van der Waals surface area contributed by atoms with Crippen molar-refractivity contribution in [3.8, 4) is 11.9 Å². The van der Waals surface area contributed by atoms with Crippen LogP contribution >= 0.6 is 0 Å². The second kappa shape index (κ2) is 20.3. The van der Waals surface area contributed by atoms with Crippen LogP contribution in [0.25, 0.3) is 0 Å². The predicted octanol–water partition coefficient (Wildman–Crippen LogP) is 7.73. The van der Waals surface area contributed by atoms with E-state index in [4.69, 9.17) is 10.00 Å². The molecule has 1 aromatic rings. The summed E-state index contributed by atoms with van der Waals surface area (Å²) in [4.78, 5) is 4.11. The summed E-state index contributed by atoms with van der Waals surface area (Å²) in [7, 11) is 0. The van der Waals surface area contributed by atoms with Crippen molar-refractivity contribution in [3.63, 3.8) is 0 Å². The van der Waals surface area contributed by atoms with E-state index < -0.39 is 0 Å². The summed E-state index contributed by atoms with van der Waals surface area (Å²) >= 11 is 0. The van der Waals surface area contributed by atoms with Gasteiger partial charge in [0.05, 0.1) is 6.61 Å². The number of aromatic nitrogens is 1. The number of nitrogens with zero attached hydrogens (tertiary/aromatic N) is 2. The van der Waals surface area contributed by atoms with Gasteiger partial charge in [0.2, 0.25) is 5.88 Å². The highest BCUT2D eigenvalue weighted by atomic mass is 16.5. The smallest absolute Gasteiger partial charge is 0.214 e. The molecule has 0 unspecified atom stereocenters. The maximum Gasteiger partial charge on any atom is 0.214 e. The second-order valence-corrected chi connectivity index (χ2v) is 8.84. The first-order valence-corrected chi connectivity index (χ1v) is 12.9. The molecule has 31 heavy (non-hydrogen) atoms. The van der Waals surface area contributed by atoms with Crippen LogP contribution in [0.15, 0.2) is 18.2 Å². The van der Waals surface area contributed by atoms with Crippen molar-refractivity contribution in [2.75, 3.05) is 6.61 Å². The van der Waals surface area contributed by atoms with E-state index in [-0.39, 0.29) is 12.7 Å². The lowest BCUT2D eigenvalue weighted by molar-refractivity contribution is 0.102. The first-order chi connectivity index (χ1) is 15.3. The van der Waals surface area contributed by atoms with Crippen molar-refractivity contribution >= 4 is 0 Å². The average Bonchev–Trinajstić information content (AvgIpc) is 2.80. The second-order valence-electron chi connectivity index (χ2n) is 8.84. The van der Waals surface area contributed by atoms with Crippen LogP contribution in [0.1, 0.15) is 128 Å². The molecular formula is C27H46N2O2. The standard InChI is InChI=1S/C27H46N2O2/c1-2-3-4-5-6-7-8-9-10-11-12-13-14-15-16-17-18-21-26(24-30)31-27-22-19-20-25(23-28)29-27/h19-20,22,26,30H,2-18,21,24H2,1H3/t26-/m0/s1. The summed E-state index contributed by atoms with van der Waals surface area (Å²) in [5.41, 5.74) is 0.340. The molecule has 4 heteroatoms. The highest BCUT2D eigenvalue weighted by molar-refractivity contribution is 5.24. The van der Waals surface area contributed by atoms with Crippen molar-refractivity contribution in [2.45, 2.75) is 129 Å². The molecule has 0 saturated carbocycles.